The Morgan fingerprint density at radius 1 is 0.923 bits per heavy atom. The van der Waals surface area contributed by atoms with Crippen molar-refractivity contribution < 1.29 is 9.59 Å². The van der Waals surface area contributed by atoms with Gasteiger partial charge in [0, 0.05) is 29.2 Å². The van der Waals surface area contributed by atoms with E-state index in [1.807, 2.05) is 24.3 Å². The van der Waals surface area contributed by atoms with E-state index in [0.717, 1.165) is 23.8 Å². The molecule has 2 aromatic rings. The number of hydrogen-bond donors (Lipinski definition) is 3. The van der Waals surface area contributed by atoms with Crippen LogP contribution in [0.25, 0.3) is 0 Å². The Morgan fingerprint density at radius 2 is 1.58 bits per heavy atom. The first-order chi connectivity index (χ1) is 12.6. The highest BCUT2D eigenvalue weighted by atomic mass is 16.2. The third kappa shape index (κ3) is 5.09. The number of Topliss-reactive ketones (excluding diaryl/α,β-unsaturated/α-hetero) is 1. The maximum absolute atomic E-state index is 12.1. The van der Waals surface area contributed by atoms with Crippen LogP contribution in [-0.4, -0.2) is 18.4 Å². The predicted molar refractivity (Wildman–Crippen MR) is 106 cm³/mol. The van der Waals surface area contributed by atoms with E-state index in [1.165, 1.54) is 32.6 Å². The van der Waals surface area contributed by atoms with Crippen LogP contribution in [0.5, 0.6) is 0 Å². The normalized spacial score (nSPS) is 14.0. The third-order valence-corrected chi connectivity index (χ3v) is 4.74. The molecular formula is C21H25N3O2. The van der Waals surface area contributed by atoms with Crippen LogP contribution in [0, 0.1) is 5.92 Å². The quantitative estimate of drug-likeness (QED) is 0.631. The van der Waals surface area contributed by atoms with Gasteiger partial charge in [0.25, 0.3) is 0 Å². The standard InChI is InChI=1S/C21H25N3O2/c1-15(25)17-7-4-8-20(13-17)24-21(26)23-19-11-9-18(10-12-19)22-14-16-5-2-3-6-16/h4,7-13,16,22H,2-3,5-6,14H2,1H3,(H2,23,24,26). The summed E-state index contributed by atoms with van der Waals surface area (Å²) in [6.45, 7) is 2.52. The van der Waals surface area contributed by atoms with Gasteiger partial charge in [-0.3, -0.25) is 4.79 Å². The molecule has 1 fully saturated rings. The SMILES string of the molecule is CC(=O)c1cccc(NC(=O)Nc2ccc(NCC3CCCC3)cc2)c1. The molecule has 3 rings (SSSR count). The zero-order valence-electron chi connectivity index (χ0n) is 15.0. The molecule has 2 aromatic carbocycles. The van der Waals surface area contributed by atoms with Crippen LogP contribution in [0.4, 0.5) is 21.9 Å². The average molecular weight is 351 g/mol. The number of nitrogens with one attached hydrogen (secondary N) is 3. The first-order valence-corrected chi connectivity index (χ1v) is 9.13. The largest absolute Gasteiger partial charge is 0.385 e. The average Bonchev–Trinajstić information content (AvgIpc) is 3.15. The monoisotopic (exact) mass is 351 g/mol. The molecule has 136 valence electrons. The number of hydrogen-bond acceptors (Lipinski definition) is 3. The number of carbonyl (C=O) groups is 2. The molecule has 1 saturated carbocycles. The van der Waals surface area contributed by atoms with Gasteiger partial charge in [-0.25, -0.2) is 4.79 Å². The van der Waals surface area contributed by atoms with E-state index in [2.05, 4.69) is 16.0 Å². The van der Waals surface area contributed by atoms with Crippen molar-refractivity contribution in [2.45, 2.75) is 32.6 Å². The Morgan fingerprint density at radius 3 is 2.27 bits per heavy atom. The maximum Gasteiger partial charge on any atom is 0.323 e. The van der Waals surface area contributed by atoms with E-state index in [0.29, 0.717) is 11.3 Å². The van der Waals surface area contributed by atoms with Crippen molar-refractivity contribution in [3.8, 4) is 0 Å². The lowest BCUT2D eigenvalue weighted by molar-refractivity contribution is 0.101. The summed E-state index contributed by atoms with van der Waals surface area (Å²) in [6.07, 6.45) is 5.33. The second kappa shape index (κ2) is 8.52. The number of rotatable bonds is 6. The molecular weight excluding hydrogens is 326 g/mol. The number of amides is 2. The number of benzene rings is 2. The van der Waals surface area contributed by atoms with Crippen molar-refractivity contribution in [3.05, 3.63) is 54.1 Å². The molecule has 2 amide bonds. The van der Waals surface area contributed by atoms with E-state index < -0.39 is 0 Å². The topological polar surface area (TPSA) is 70.2 Å². The van der Waals surface area contributed by atoms with Crippen LogP contribution >= 0.6 is 0 Å². The lowest BCUT2D eigenvalue weighted by Crippen LogP contribution is -2.19. The first kappa shape index (κ1) is 18.0. The molecule has 1 aliphatic carbocycles. The molecule has 0 aliphatic heterocycles. The van der Waals surface area contributed by atoms with Gasteiger partial charge in [0.2, 0.25) is 0 Å². The second-order valence-electron chi connectivity index (χ2n) is 6.82. The summed E-state index contributed by atoms with van der Waals surface area (Å²) in [5, 5.41) is 9.01. The molecule has 5 nitrogen and oxygen atoms in total. The minimum atomic E-state index is -0.336. The summed E-state index contributed by atoms with van der Waals surface area (Å²) < 4.78 is 0. The lowest BCUT2D eigenvalue weighted by atomic mass is 10.1. The van der Waals surface area contributed by atoms with Gasteiger partial charge < -0.3 is 16.0 Å². The highest BCUT2D eigenvalue weighted by molar-refractivity contribution is 6.01. The first-order valence-electron chi connectivity index (χ1n) is 9.13. The fourth-order valence-electron chi connectivity index (χ4n) is 3.26. The van der Waals surface area contributed by atoms with Crippen molar-refractivity contribution in [2.75, 3.05) is 22.5 Å². The molecule has 0 bridgehead atoms. The van der Waals surface area contributed by atoms with Gasteiger partial charge in [-0.05, 0) is 62.1 Å². The van der Waals surface area contributed by atoms with Crippen LogP contribution in [0.3, 0.4) is 0 Å². The van der Waals surface area contributed by atoms with Gasteiger partial charge in [-0.15, -0.1) is 0 Å². The molecule has 1 aliphatic rings. The lowest BCUT2D eigenvalue weighted by Gasteiger charge is -2.13. The molecule has 5 heteroatoms. The molecule has 3 N–H and O–H groups in total. The van der Waals surface area contributed by atoms with Crippen LogP contribution in [0.2, 0.25) is 0 Å². The zero-order valence-corrected chi connectivity index (χ0v) is 15.0. The van der Waals surface area contributed by atoms with Gasteiger partial charge in [0.05, 0.1) is 0 Å². The summed E-state index contributed by atoms with van der Waals surface area (Å²) in [5.41, 5.74) is 2.94. The molecule has 0 atom stereocenters. The van der Waals surface area contributed by atoms with Crippen LogP contribution in [0.1, 0.15) is 43.0 Å². The molecule has 0 heterocycles. The number of ketones is 1. The summed E-state index contributed by atoms with van der Waals surface area (Å²) in [6, 6.07) is 14.3. The van der Waals surface area contributed by atoms with E-state index in [9.17, 15) is 9.59 Å². The van der Waals surface area contributed by atoms with E-state index in [-0.39, 0.29) is 11.8 Å². The van der Waals surface area contributed by atoms with E-state index >= 15 is 0 Å². The number of urea groups is 1. The van der Waals surface area contributed by atoms with Crippen LogP contribution in [0.15, 0.2) is 48.5 Å². The van der Waals surface area contributed by atoms with Crippen molar-refractivity contribution in [1.29, 1.82) is 0 Å². The zero-order chi connectivity index (χ0) is 18.4. The Labute approximate surface area is 154 Å². The minimum Gasteiger partial charge on any atom is -0.385 e. The van der Waals surface area contributed by atoms with Crippen molar-refractivity contribution >= 4 is 28.9 Å². The van der Waals surface area contributed by atoms with Gasteiger partial charge in [0.15, 0.2) is 5.78 Å². The molecule has 26 heavy (non-hydrogen) atoms. The molecule has 0 aromatic heterocycles. The Kier molecular flexibility index (Phi) is 5.89. The van der Waals surface area contributed by atoms with Crippen LogP contribution < -0.4 is 16.0 Å². The van der Waals surface area contributed by atoms with Crippen molar-refractivity contribution in [1.82, 2.24) is 0 Å². The number of anilines is 3. The van der Waals surface area contributed by atoms with Gasteiger partial charge in [0.1, 0.15) is 0 Å². The maximum atomic E-state index is 12.1. The van der Waals surface area contributed by atoms with Gasteiger partial charge >= 0.3 is 6.03 Å². The Bertz CT molecular complexity index is 765. The Balaban J connectivity index is 1.50. The second-order valence-corrected chi connectivity index (χ2v) is 6.82. The Hall–Kier alpha value is -2.82. The van der Waals surface area contributed by atoms with Crippen molar-refractivity contribution in [3.63, 3.8) is 0 Å². The highest BCUT2D eigenvalue weighted by Gasteiger charge is 2.14. The predicted octanol–water partition coefficient (Wildman–Crippen LogP) is 5.14. The molecule has 0 spiro atoms. The number of carbonyl (C=O) groups excluding carboxylic acids is 2. The third-order valence-electron chi connectivity index (χ3n) is 4.74. The van der Waals surface area contributed by atoms with Crippen LogP contribution in [-0.2, 0) is 0 Å². The minimum absolute atomic E-state index is 0.0326. The fourth-order valence-corrected chi connectivity index (χ4v) is 3.26. The van der Waals surface area contributed by atoms with E-state index in [4.69, 9.17) is 0 Å². The summed E-state index contributed by atoms with van der Waals surface area (Å²) in [5.74, 6) is 0.749. The summed E-state index contributed by atoms with van der Waals surface area (Å²) in [4.78, 5) is 23.5. The van der Waals surface area contributed by atoms with E-state index in [1.54, 1.807) is 24.3 Å². The van der Waals surface area contributed by atoms with Crippen molar-refractivity contribution in [2.24, 2.45) is 5.92 Å². The summed E-state index contributed by atoms with van der Waals surface area (Å²) >= 11 is 0. The smallest absolute Gasteiger partial charge is 0.323 e. The molecule has 0 saturated heterocycles. The van der Waals surface area contributed by atoms with Gasteiger partial charge in [-0.1, -0.05) is 25.0 Å². The molecule has 0 radical (unpaired) electrons. The van der Waals surface area contributed by atoms with Gasteiger partial charge in [-0.2, -0.15) is 0 Å². The molecule has 0 unspecified atom stereocenters. The fraction of sp³-hybridized carbons (Fsp3) is 0.333. The summed E-state index contributed by atoms with van der Waals surface area (Å²) in [7, 11) is 0. The highest BCUT2D eigenvalue weighted by Crippen LogP contribution is 2.25.